The number of benzene rings is 2. The molecule has 1 heterocycles. The van der Waals surface area contributed by atoms with Gasteiger partial charge in [0.15, 0.2) is 0 Å². The molecule has 0 bridgehead atoms. The van der Waals surface area contributed by atoms with Crippen LogP contribution in [0.1, 0.15) is 31.4 Å². The molecule has 6 nitrogen and oxygen atoms in total. The van der Waals surface area contributed by atoms with E-state index in [9.17, 15) is 13.2 Å². The number of anilines is 1. The van der Waals surface area contributed by atoms with Crippen LogP contribution < -0.4 is 5.32 Å². The summed E-state index contributed by atoms with van der Waals surface area (Å²) in [6, 6.07) is 13.2. The zero-order chi connectivity index (χ0) is 21.7. The Bertz CT molecular complexity index is 993. The van der Waals surface area contributed by atoms with Crippen molar-refractivity contribution in [3.05, 3.63) is 58.1 Å². The van der Waals surface area contributed by atoms with E-state index in [2.05, 4.69) is 26.1 Å². The molecule has 1 saturated heterocycles. The molecule has 8 heteroatoms. The number of halogens is 1. The minimum Gasteiger partial charge on any atom is -0.326 e. The van der Waals surface area contributed by atoms with Gasteiger partial charge < -0.3 is 5.32 Å². The highest BCUT2D eigenvalue weighted by Gasteiger charge is 2.28. The van der Waals surface area contributed by atoms with Gasteiger partial charge in [-0.05, 0) is 60.8 Å². The summed E-state index contributed by atoms with van der Waals surface area (Å²) in [5.74, 6) is -0.0893. The quantitative estimate of drug-likeness (QED) is 0.662. The topological polar surface area (TPSA) is 69.7 Å². The van der Waals surface area contributed by atoms with Crippen LogP contribution >= 0.6 is 15.9 Å². The van der Waals surface area contributed by atoms with Crippen molar-refractivity contribution >= 4 is 37.5 Å². The van der Waals surface area contributed by atoms with Gasteiger partial charge in [-0.15, -0.1) is 0 Å². The lowest BCUT2D eigenvalue weighted by molar-refractivity contribution is -0.114. The Balaban J connectivity index is 1.66. The van der Waals surface area contributed by atoms with Crippen molar-refractivity contribution in [1.29, 1.82) is 0 Å². The number of nitrogens with one attached hydrogen (secondary N) is 1. The van der Waals surface area contributed by atoms with Crippen LogP contribution in [0.25, 0.3) is 0 Å². The van der Waals surface area contributed by atoms with Crippen LogP contribution in [0.4, 0.5) is 5.69 Å². The van der Waals surface area contributed by atoms with Gasteiger partial charge in [-0.2, -0.15) is 4.31 Å². The van der Waals surface area contributed by atoms with Crippen LogP contribution in [0.15, 0.2) is 51.8 Å². The van der Waals surface area contributed by atoms with Crippen molar-refractivity contribution in [2.45, 2.75) is 38.1 Å². The van der Waals surface area contributed by atoms with Gasteiger partial charge in [0.2, 0.25) is 15.9 Å². The Labute approximate surface area is 187 Å². The van der Waals surface area contributed by atoms with Crippen molar-refractivity contribution < 1.29 is 13.2 Å². The molecule has 1 aliphatic heterocycles. The lowest BCUT2D eigenvalue weighted by Gasteiger charge is -2.23. The van der Waals surface area contributed by atoms with Crippen LogP contribution in [0, 0.1) is 0 Å². The third-order valence-electron chi connectivity index (χ3n) is 5.25. The summed E-state index contributed by atoms with van der Waals surface area (Å²) in [6.07, 6.45) is 1.46. The number of sulfonamides is 1. The standard InChI is InChI=1S/C22H28BrN3O3S/c1-3-19-15-20(23)7-10-22(19)30(28,29)26-12-4-11-25(13-14-26)16-18-5-8-21(9-6-18)24-17(2)27/h5-10,15H,3-4,11-14,16H2,1-2H3,(H,24,27). The van der Waals surface area contributed by atoms with E-state index in [4.69, 9.17) is 0 Å². The minimum absolute atomic E-state index is 0.0893. The number of aryl methyl sites for hydroxylation is 1. The Morgan fingerprint density at radius 2 is 1.80 bits per heavy atom. The molecule has 30 heavy (non-hydrogen) atoms. The molecule has 1 aliphatic rings. The molecule has 0 atom stereocenters. The fourth-order valence-corrected chi connectivity index (χ4v) is 5.87. The summed E-state index contributed by atoms with van der Waals surface area (Å²) in [4.78, 5) is 13.8. The largest absolute Gasteiger partial charge is 0.326 e. The van der Waals surface area contributed by atoms with Gasteiger partial charge in [-0.25, -0.2) is 8.42 Å². The summed E-state index contributed by atoms with van der Waals surface area (Å²) in [5.41, 5.74) is 2.76. The second-order valence-corrected chi connectivity index (χ2v) is 10.3. The van der Waals surface area contributed by atoms with E-state index in [0.29, 0.717) is 31.0 Å². The van der Waals surface area contributed by atoms with Gasteiger partial charge >= 0.3 is 0 Å². The van der Waals surface area contributed by atoms with E-state index in [1.807, 2.05) is 37.3 Å². The summed E-state index contributed by atoms with van der Waals surface area (Å²) >= 11 is 3.43. The Kier molecular flexibility index (Phi) is 7.68. The number of hydrogen-bond acceptors (Lipinski definition) is 4. The third kappa shape index (κ3) is 5.69. The molecule has 1 fully saturated rings. The lowest BCUT2D eigenvalue weighted by Crippen LogP contribution is -2.35. The van der Waals surface area contributed by atoms with Crippen LogP contribution in [-0.2, 0) is 27.8 Å². The smallest absolute Gasteiger partial charge is 0.243 e. The molecule has 2 aromatic carbocycles. The van der Waals surface area contributed by atoms with Crippen LogP contribution in [0.2, 0.25) is 0 Å². The zero-order valence-corrected chi connectivity index (χ0v) is 19.8. The molecule has 0 aromatic heterocycles. The van der Waals surface area contributed by atoms with Crippen LogP contribution in [-0.4, -0.2) is 49.7 Å². The third-order valence-corrected chi connectivity index (χ3v) is 7.74. The Morgan fingerprint density at radius 1 is 1.07 bits per heavy atom. The molecular formula is C22H28BrN3O3S. The normalized spacial score (nSPS) is 16.2. The second kappa shape index (κ2) is 10.0. The molecule has 0 saturated carbocycles. The van der Waals surface area contributed by atoms with E-state index < -0.39 is 10.0 Å². The zero-order valence-electron chi connectivity index (χ0n) is 17.4. The molecule has 1 N–H and O–H groups in total. The monoisotopic (exact) mass is 493 g/mol. The second-order valence-electron chi connectivity index (χ2n) is 7.52. The van der Waals surface area contributed by atoms with E-state index in [0.717, 1.165) is 40.8 Å². The molecule has 0 aliphatic carbocycles. The summed E-state index contributed by atoms with van der Waals surface area (Å²) in [7, 11) is -3.51. The predicted octanol–water partition coefficient (Wildman–Crippen LogP) is 3.87. The maximum Gasteiger partial charge on any atom is 0.243 e. The molecule has 162 valence electrons. The molecule has 3 rings (SSSR count). The Morgan fingerprint density at radius 3 is 2.47 bits per heavy atom. The highest BCUT2D eigenvalue weighted by Crippen LogP contribution is 2.25. The molecule has 2 aromatic rings. The molecule has 0 unspecified atom stereocenters. The first kappa shape index (κ1) is 22.9. The molecule has 0 spiro atoms. The van der Waals surface area contributed by atoms with Crippen molar-refractivity contribution in [2.24, 2.45) is 0 Å². The van der Waals surface area contributed by atoms with E-state index in [1.54, 1.807) is 16.4 Å². The summed E-state index contributed by atoms with van der Waals surface area (Å²) in [5, 5.41) is 2.77. The van der Waals surface area contributed by atoms with Crippen LogP contribution in [0.5, 0.6) is 0 Å². The summed E-state index contributed by atoms with van der Waals surface area (Å²) < 4.78 is 29.1. The van der Waals surface area contributed by atoms with Gasteiger partial charge in [0.1, 0.15) is 0 Å². The fraction of sp³-hybridized carbons (Fsp3) is 0.409. The Hall–Kier alpha value is -1.74. The van der Waals surface area contributed by atoms with E-state index in [-0.39, 0.29) is 5.91 Å². The van der Waals surface area contributed by atoms with Crippen LogP contribution in [0.3, 0.4) is 0 Å². The van der Waals surface area contributed by atoms with Gasteiger partial charge in [0.25, 0.3) is 0 Å². The minimum atomic E-state index is -3.51. The number of rotatable bonds is 6. The van der Waals surface area contributed by atoms with Crippen molar-refractivity contribution in [1.82, 2.24) is 9.21 Å². The van der Waals surface area contributed by atoms with Crippen molar-refractivity contribution in [2.75, 3.05) is 31.5 Å². The van der Waals surface area contributed by atoms with Gasteiger partial charge in [0, 0.05) is 43.3 Å². The first-order chi connectivity index (χ1) is 14.3. The van der Waals surface area contributed by atoms with E-state index in [1.165, 1.54) is 6.92 Å². The maximum atomic E-state index is 13.3. The van der Waals surface area contributed by atoms with Gasteiger partial charge in [-0.3, -0.25) is 9.69 Å². The maximum absolute atomic E-state index is 13.3. The first-order valence-electron chi connectivity index (χ1n) is 10.2. The van der Waals surface area contributed by atoms with Crippen molar-refractivity contribution in [3.63, 3.8) is 0 Å². The highest BCUT2D eigenvalue weighted by atomic mass is 79.9. The van der Waals surface area contributed by atoms with Gasteiger partial charge in [-0.1, -0.05) is 35.0 Å². The molecule has 1 amide bonds. The van der Waals surface area contributed by atoms with Crippen molar-refractivity contribution in [3.8, 4) is 0 Å². The average molecular weight is 494 g/mol. The SMILES string of the molecule is CCc1cc(Br)ccc1S(=O)(=O)N1CCCN(Cc2ccc(NC(C)=O)cc2)CC1. The first-order valence-corrected chi connectivity index (χ1v) is 12.4. The lowest BCUT2D eigenvalue weighted by atomic mass is 10.2. The fourth-order valence-electron chi connectivity index (χ4n) is 3.72. The van der Waals surface area contributed by atoms with Gasteiger partial charge in [0.05, 0.1) is 4.90 Å². The highest BCUT2D eigenvalue weighted by molar-refractivity contribution is 9.10. The average Bonchev–Trinajstić information content (AvgIpc) is 2.95. The summed E-state index contributed by atoms with van der Waals surface area (Å²) in [6.45, 7) is 6.76. The molecule has 0 radical (unpaired) electrons. The number of nitrogens with zero attached hydrogens (tertiary/aromatic N) is 2. The number of hydrogen-bond donors (Lipinski definition) is 1. The number of carbonyl (C=O) groups is 1. The number of amides is 1. The molecular weight excluding hydrogens is 466 g/mol. The van der Waals surface area contributed by atoms with E-state index >= 15 is 0 Å². The predicted molar refractivity (Wildman–Crippen MR) is 123 cm³/mol. The number of carbonyl (C=O) groups excluding carboxylic acids is 1.